The minimum atomic E-state index is -0.511. The molecule has 1 fully saturated rings. The fourth-order valence-corrected chi connectivity index (χ4v) is 4.50. The van der Waals surface area contributed by atoms with E-state index in [1.54, 1.807) is 24.8 Å². The van der Waals surface area contributed by atoms with Crippen molar-refractivity contribution in [2.45, 2.75) is 31.3 Å². The number of cyclic esters (lactones) is 1. The predicted octanol–water partition coefficient (Wildman–Crippen LogP) is 3.55. The van der Waals surface area contributed by atoms with Crippen molar-refractivity contribution in [2.24, 2.45) is 0 Å². The van der Waals surface area contributed by atoms with Crippen LogP contribution in [0.1, 0.15) is 52.9 Å². The van der Waals surface area contributed by atoms with Gasteiger partial charge in [0.1, 0.15) is 12.4 Å². The molecule has 2 aliphatic heterocycles. The first-order chi connectivity index (χ1) is 15.2. The van der Waals surface area contributed by atoms with Crippen LogP contribution in [0.2, 0.25) is 0 Å². The number of likely N-dealkylation sites (tertiary alicyclic amines) is 1. The Morgan fingerprint density at radius 1 is 1.10 bits per heavy atom. The van der Waals surface area contributed by atoms with Crippen LogP contribution in [0.4, 0.5) is 0 Å². The summed E-state index contributed by atoms with van der Waals surface area (Å²) < 4.78 is 5.47. The molecule has 0 N–H and O–H groups in total. The van der Waals surface area contributed by atoms with E-state index in [9.17, 15) is 9.59 Å². The van der Waals surface area contributed by atoms with Crippen LogP contribution >= 0.6 is 0 Å². The second-order valence-electron chi connectivity index (χ2n) is 7.92. The Hall–Kier alpha value is -3.61. The number of carbonyl (C=O) groups is 2. The van der Waals surface area contributed by atoms with Gasteiger partial charge in [-0.25, -0.2) is 14.8 Å². The Bertz CT molecular complexity index is 1120. The second-order valence-corrected chi connectivity index (χ2v) is 7.92. The Labute approximate surface area is 180 Å². The summed E-state index contributed by atoms with van der Waals surface area (Å²) in [6, 6.07) is 11.2. The normalized spacial score (nSPS) is 20.3. The van der Waals surface area contributed by atoms with Crippen LogP contribution in [-0.2, 0) is 9.53 Å². The van der Waals surface area contributed by atoms with E-state index < -0.39 is 6.10 Å². The van der Waals surface area contributed by atoms with Crippen molar-refractivity contribution in [3.63, 3.8) is 0 Å². The third kappa shape index (κ3) is 3.79. The quantitative estimate of drug-likeness (QED) is 0.607. The molecule has 1 amide bonds. The zero-order valence-corrected chi connectivity index (χ0v) is 17.0. The Morgan fingerprint density at radius 2 is 1.94 bits per heavy atom. The molecule has 0 aliphatic carbocycles. The summed E-state index contributed by atoms with van der Waals surface area (Å²) in [5, 5.41) is 0. The Balaban J connectivity index is 1.33. The molecule has 4 heterocycles. The van der Waals surface area contributed by atoms with Crippen molar-refractivity contribution in [3.8, 4) is 11.1 Å². The van der Waals surface area contributed by atoms with E-state index in [0.717, 1.165) is 35.2 Å². The number of carbonyl (C=O) groups excluding carboxylic acids is 2. The van der Waals surface area contributed by atoms with Gasteiger partial charge in [-0.15, -0.1) is 0 Å². The van der Waals surface area contributed by atoms with Gasteiger partial charge in [-0.2, -0.15) is 0 Å². The average Bonchev–Trinajstić information content (AvgIpc) is 3.15. The van der Waals surface area contributed by atoms with Gasteiger partial charge >= 0.3 is 5.97 Å². The molecule has 5 rings (SSSR count). The Morgan fingerprint density at radius 3 is 2.81 bits per heavy atom. The van der Waals surface area contributed by atoms with Crippen molar-refractivity contribution in [3.05, 3.63) is 78.1 Å². The zero-order chi connectivity index (χ0) is 21.2. The van der Waals surface area contributed by atoms with E-state index in [1.165, 1.54) is 0 Å². The largest absolute Gasteiger partial charge is 0.453 e. The number of benzene rings is 1. The van der Waals surface area contributed by atoms with Gasteiger partial charge in [0.25, 0.3) is 0 Å². The molecule has 0 radical (unpaired) electrons. The molecule has 0 spiro atoms. The van der Waals surface area contributed by atoms with Crippen LogP contribution in [0.15, 0.2) is 61.3 Å². The maximum Gasteiger partial charge on any atom is 0.339 e. The van der Waals surface area contributed by atoms with E-state index in [1.807, 2.05) is 41.4 Å². The number of amides is 1. The van der Waals surface area contributed by atoms with E-state index >= 15 is 0 Å². The lowest BCUT2D eigenvalue weighted by molar-refractivity contribution is -0.134. The summed E-state index contributed by atoms with van der Waals surface area (Å²) in [6.45, 7) is 1.30. The summed E-state index contributed by atoms with van der Waals surface area (Å²) in [7, 11) is 0. The fraction of sp³-hybridized carbons (Fsp3) is 0.292. The molecule has 0 saturated carbocycles. The molecule has 2 aliphatic rings. The van der Waals surface area contributed by atoms with Crippen molar-refractivity contribution in [1.82, 2.24) is 19.9 Å². The van der Waals surface area contributed by atoms with Crippen molar-refractivity contribution >= 4 is 11.9 Å². The molecule has 7 heteroatoms. The van der Waals surface area contributed by atoms with Crippen LogP contribution in [0.5, 0.6) is 0 Å². The van der Waals surface area contributed by atoms with Gasteiger partial charge in [-0.05, 0) is 36.6 Å². The lowest BCUT2D eigenvalue weighted by Gasteiger charge is -2.33. The van der Waals surface area contributed by atoms with Crippen LogP contribution in [0.3, 0.4) is 0 Å². The van der Waals surface area contributed by atoms with Gasteiger partial charge in [0.05, 0.1) is 17.7 Å². The number of pyridine rings is 1. The van der Waals surface area contributed by atoms with Gasteiger partial charge in [-0.1, -0.05) is 18.2 Å². The second kappa shape index (κ2) is 8.26. The molecule has 1 aromatic carbocycles. The van der Waals surface area contributed by atoms with E-state index in [0.29, 0.717) is 18.7 Å². The number of fused-ring (bicyclic) bond motifs is 1. The first kappa shape index (κ1) is 19.4. The minimum absolute atomic E-state index is 0.00118. The molecule has 0 bridgehead atoms. The summed E-state index contributed by atoms with van der Waals surface area (Å²) in [6.07, 6.45) is 8.41. The van der Waals surface area contributed by atoms with Gasteiger partial charge < -0.3 is 9.64 Å². The first-order valence-electron chi connectivity index (χ1n) is 10.5. The maximum atomic E-state index is 13.1. The number of nitrogens with zero attached hydrogens (tertiary/aromatic N) is 4. The molecular formula is C24H22N4O3. The summed E-state index contributed by atoms with van der Waals surface area (Å²) in [4.78, 5) is 39.9. The van der Waals surface area contributed by atoms with Gasteiger partial charge in [0, 0.05) is 48.7 Å². The molecule has 31 heavy (non-hydrogen) atoms. The fourth-order valence-electron chi connectivity index (χ4n) is 4.50. The lowest BCUT2D eigenvalue weighted by atomic mass is 9.90. The highest BCUT2D eigenvalue weighted by Gasteiger charge is 2.35. The molecule has 1 saturated heterocycles. The maximum absolute atomic E-state index is 13.1. The number of piperidine rings is 1. The number of ether oxygens (including phenoxy) is 1. The van der Waals surface area contributed by atoms with Crippen LogP contribution in [0.25, 0.3) is 11.1 Å². The molecule has 156 valence electrons. The summed E-state index contributed by atoms with van der Waals surface area (Å²) in [5.74, 6) is -0.228. The van der Waals surface area contributed by atoms with Crippen molar-refractivity contribution in [2.75, 3.05) is 13.1 Å². The molecule has 7 nitrogen and oxygen atoms in total. The lowest BCUT2D eigenvalue weighted by Crippen LogP contribution is -2.40. The molecular weight excluding hydrogens is 392 g/mol. The van der Waals surface area contributed by atoms with E-state index in [2.05, 4.69) is 15.0 Å². The SMILES string of the molecule is O=C1OC(CC(=O)N2CCCC(c3ncncc3-c3ccncc3)C2)c2ccccc21. The number of hydrogen-bond donors (Lipinski definition) is 0. The standard InChI is InChI=1S/C24H22N4O3/c29-22(12-21-18-5-1-2-6-19(18)24(30)31-21)28-11-3-4-17(14-28)23-20(13-26-15-27-23)16-7-9-25-10-8-16/h1-2,5-10,13,15,17,21H,3-4,11-12,14H2. The van der Waals surface area contributed by atoms with Crippen molar-refractivity contribution < 1.29 is 14.3 Å². The van der Waals surface area contributed by atoms with E-state index in [-0.39, 0.29) is 24.2 Å². The smallest absolute Gasteiger partial charge is 0.339 e. The van der Waals surface area contributed by atoms with Gasteiger partial charge in [-0.3, -0.25) is 9.78 Å². The predicted molar refractivity (Wildman–Crippen MR) is 113 cm³/mol. The molecule has 2 unspecified atom stereocenters. The average molecular weight is 414 g/mol. The Kier molecular flexibility index (Phi) is 5.16. The monoisotopic (exact) mass is 414 g/mol. The summed E-state index contributed by atoms with van der Waals surface area (Å²) in [5.41, 5.74) is 4.30. The third-order valence-electron chi connectivity index (χ3n) is 6.03. The zero-order valence-electron chi connectivity index (χ0n) is 17.0. The highest BCUT2D eigenvalue weighted by Crippen LogP contribution is 2.35. The summed E-state index contributed by atoms with van der Waals surface area (Å²) >= 11 is 0. The number of esters is 1. The number of rotatable bonds is 4. The number of hydrogen-bond acceptors (Lipinski definition) is 6. The molecule has 2 aromatic heterocycles. The third-order valence-corrected chi connectivity index (χ3v) is 6.03. The van der Waals surface area contributed by atoms with Crippen molar-refractivity contribution in [1.29, 1.82) is 0 Å². The van der Waals surface area contributed by atoms with Gasteiger partial charge in [0.15, 0.2) is 0 Å². The van der Waals surface area contributed by atoms with E-state index in [4.69, 9.17) is 4.74 Å². The van der Waals surface area contributed by atoms with Gasteiger partial charge in [0.2, 0.25) is 5.91 Å². The molecule has 2 atom stereocenters. The molecule has 3 aromatic rings. The van der Waals surface area contributed by atoms with Crippen LogP contribution in [0, 0.1) is 0 Å². The number of aromatic nitrogens is 3. The first-order valence-corrected chi connectivity index (χ1v) is 10.5. The highest BCUT2D eigenvalue weighted by atomic mass is 16.5. The topological polar surface area (TPSA) is 85.3 Å². The highest BCUT2D eigenvalue weighted by molar-refractivity contribution is 5.94. The minimum Gasteiger partial charge on any atom is -0.453 e. The van der Waals surface area contributed by atoms with Crippen LogP contribution in [-0.4, -0.2) is 44.8 Å². The van der Waals surface area contributed by atoms with Crippen LogP contribution < -0.4 is 0 Å².